The smallest absolute Gasteiger partial charge is 1.00 e. The van der Waals surface area contributed by atoms with E-state index in [4.69, 9.17) is 19.2 Å². The fraction of sp³-hybridized carbons (Fsp3) is 0. The molecule has 0 aliphatic carbocycles. The molecule has 44 valence electrons. The zero-order valence-electron chi connectivity index (χ0n) is 4.51. The minimum Gasteiger partial charge on any atom is -1.00 e. The van der Waals surface area contributed by atoms with Crippen LogP contribution in [0.15, 0.2) is 0 Å². The van der Waals surface area contributed by atoms with Crippen LogP contribution < -0.4 is 18.9 Å². The molecule has 0 saturated carbocycles. The first-order valence-corrected chi connectivity index (χ1v) is 2.35. The number of hydrogen-bond acceptors (Lipinski definition) is 1. The van der Waals surface area contributed by atoms with Crippen LogP contribution in [0.5, 0.6) is 0 Å². The van der Waals surface area contributed by atoms with Crippen LogP contribution in [0.3, 0.4) is 0 Å². The van der Waals surface area contributed by atoms with Gasteiger partial charge in [0.2, 0.25) is 0 Å². The Kier molecular flexibility index (Phi) is 12.0. The second-order valence-electron chi connectivity index (χ2n) is 0.513. The Morgan fingerprint density at radius 1 is 1.29 bits per heavy atom. The normalized spacial score (nSPS) is 8.43. The molecule has 0 unspecified atom stereocenters. The predicted octanol–water partition coefficient (Wildman–Crippen LogP) is -3.81. The fourth-order valence-corrected chi connectivity index (χ4v) is 0. The van der Waals surface area contributed by atoms with Gasteiger partial charge in [-0.3, -0.25) is 0 Å². The maximum Gasteiger partial charge on any atom is 1.00 e. The van der Waals surface area contributed by atoms with E-state index in [1.807, 2.05) is 0 Å². The Labute approximate surface area is 64.1 Å². The fourth-order valence-electron chi connectivity index (χ4n) is 0. The van der Waals surface area contributed by atoms with Gasteiger partial charge in [-0.1, -0.05) is 0 Å². The zero-order chi connectivity index (χ0) is 4.50. The van der Waals surface area contributed by atoms with Crippen molar-refractivity contribution >= 4 is 7.82 Å². The molecule has 0 aromatic carbocycles. The summed E-state index contributed by atoms with van der Waals surface area (Å²) in [6.45, 7) is 0. The summed E-state index contributed by atoms with van der Waals surface area (Å²) in [5, 5.41) is 0. The van der Waals surface area contributed by atoms with E-state index in [2.05, 4.69) is 0 Å². The van der Waals surface area contributed by atoms with Crippen molar-refractivity contribution < 1.29 is 56.0 Å². The van der Waals surface area contributed by atoms with E-state index < -0.39 is 7.82 Å². The van der Waals surface area contributed by atoms with Gasteiger partial charge in [0, 0.05) is 16.5 Å². The zero-order valence-corrected chi connectivity index (χ0v) is 5.40. The largest absolute Gasteiger partial charge is 1.00 e. The van der Waals surface area contributed by atoms with Gasteiger partial charge in [-0.2, -0.15) is 0 Å². The molecule has 0 spiro atoms. The van der Waals surface area contributed by atoms with Crippen molar-refractivity contribution in [3.63, 3.8) is 0 Å². The van der Waals surface area contributed by atoms with Gasteiger partial charge in [0.05, 0.1) is 0 Å². The summed E-state index contributed by atoms with van der Waals surface area (Å²) < 4.78 is 8.88. The standard InChI is InChI=1S/Li.Ni.H3O4P.H/c;;1-5(2,3)4;/h;;(H3,1,2,3,4);/q+1;;;-1. The Bertz CT molecular complexity index is 62.2. The topological polar surface area (TPSA) is 77.8 Å². The van der Waals surface area contributed by atoms with E-state index in [1.54, 1.807) is 0 Å². The summed E-state index contributed by atoms with van der Waals surface area (Å²) in [5.41, 5.74) is 0. The quantitative estimate of drug-likeness (QED) is 0.254. The Morgan fingerprint density at radius 3 is 1.29 bits per heavy atom. The average Bonchev–Trinajstić information content (AvgIpc) is 0.722. The van der Waals surface area contributed by atoms with E-state index in [0.29, 0.717) is 0 Å². The van der Waals surface area contributed by atoms with Crippen LogP contribution in [0.2, 0.25) is 0 Å². The van der Waals surface area contributed by atoms with Gasteiger partial charge in [-0.25, -0.2) is 4.57 Å². The molecule has 0 aliphatic heterocycles. The maximum atomic E-state index is 8.88. The number of hydrogen-bond donors (Lipinski definition) is 3. The molecule has 7 heavy (non-hydrogen) atoms. The van der Waals surface area contributed by atoms with Crippen molar-refractivity contribution in [3.8, 4) is 0 Å². The molecular weight excluding hydrogens is 161 g/mol. The number of rotatable bonds is 0. The molecule has 0 saturated heterocycles. The van der Waals surface area contributed by atoms with Gasteiger partial charge in [0.25, 0.3) is 0 Å². The van der Waals surface area contributed by atoms with Crippen molar-refractivity contribution in [2.45, 2.75) is 0 Å². The van der Waals surface area contributed by atoms with Crippen LogP contribution in [0.4, 0.5) is 0 Å². The molecule has 0 aromatic rings. The summed E-state index contributed by atoms with van der Waals surface area (Å²) in [6.07, 6.45) is 0. The summed E-state index contributed by atoms with van der Waals surface area (Å²) in [4.78, 5) is 21.6. The first-order valence-electron chi connectivity index (χ1n) is 0.783. The molecule has 0 bridgehead atoms. The maximum absolute atomic E-state index is 8.88. The third-order valence-electron chi connectivity index (χ3n) is 0. The van der Waals surface area contributed by atoms with E-state index in [-0.39, 0.29) is 36.8 Å². The molecule has 0 amide bonds. The van der Waals surface area contributed by atoms with Crippen LogP contribution in [0.25, 0.3) is 0 Å². The second kappa shape index (κ2) is 5.34. The predicted molar refractivity (Wildman–Crippen MR) is 15.4 cm³/mol. The van der Waals surface area contributed by atoms with Crippen LogP contribution in [-0.2, 0) is 21.1 Å². The van der Waals surface area contributed by atoms with Crippen LogP contribution >= 0.6 is 7.82 Å². The number of phosphoric acid groups is 1. The first-order chi connectivity index (χ1) is 2.00. The van der Waals surface area contributed by atoms with Gasteiger partial charge in [0.15, 0.2) is 0 Å². The summed E-state index contributed by atoms with van der Waals surface area (Å²) >= 11 is 0. The molecule has 0 rings (SSSR count). The molecule has 4 nitrogen and oxygen atoms in total. The van der Waals surface area contributed by atoms with Crippen LogP contribution in [0.1, 0.15) is 1.43 Å². The molecule has 7 heteroatoms. The molecule has 0 fully saturated rings. The SMILES string of the molecule is O=P(O)(O)O.[H-].[Li+].[Ni]. The third kappa shape index (κ3) is 135. The molecule has 0 atom stereocenters. The second-order valence-corrected chi connectivity index (χ2v) is 1.54. The molecule has 0 heterocycles. The summed E-state index contributed by atoms with van der Waals surface area (Å²) in [7, 11) is -4.64. The first kappa shape index (κ1) is 15.7. The molecule has 0 aromatic heterocycles. The van der Waals surface area contributed by atoms with Crippen molar-refractivity contribution in [1.29, 1.82) is 0 Å². The third-order valence-corrected chi connectivity index (χ3v) is 0. The van der Waals surface area contributed by atoms with Crippen molar-refractivity contribution in [3.05, 3.63) is 0 Å². The summed E-state index contributed by atoms with van der Waals surface area (Å²) in [5.74, 6) is 0. The van der Waals surface area contributed by atoms with Gasteiger partial charge >= 0.3 is 26.7 Å². The van der Waals surface area contributed by atoms with Gasteiger partial charge in [0.1, 0.15) is 0 Å². The van der Waals surface area contributed by atoms with E-state index in [9.17, 15) is 0 Å². The molecule has 3 N–H and O–H groups in total. The van der Waals surface area contributed by atoms with Gasteiger partial charge in [-0.05, 0) is 0 Å². The molecular formula is H4LiNiO4P. The van der Waals surface area contributed by atoms with E-state index >= 15 is 0 Å². The molecule has 0 radical (unpaired) electrons. The van der Waals surface area contributed by atoms with Gasteiger partial charge < -0.3 is 16.1 Å². The Morgan fingerprint density at radius 2 is 1.29 bits per heavy atom. The molecule has 0 aliphatic rings. The average molecular weight is 165 g/mol. The minimum absolute atomic E-state index is 0. The van der Waals surface area contributed by atoms with Crippen molar-refractivity contribution in [1.82, 2.24) is 0 Å². The van der Waals surface area contributed by atoms with Crippen molar-refractivity contribution in [2.75, 3.05) is 0 Å². The van der Waals surface area contributed by atoms with Gasteiger partial charge in [-0.15, -0.1) is 0 Å². The van der Waals surface area contributed by atoms with E-state index in [1.165, 1.54) is 0 Å². The monoisotopic (exact) mass is 164 g/mol. The van der Waals surface area contributed by atoms with Crippen LogP contribution in [-0.4, -0.2) is 14.7 Å². The Balaban J connectivity index is -0.0000000267. The summed E-state index contributed by atoms with van der Waals surface area (Å²) in [6, 6.07) is 0. The van der Waals surface area contributed by atoms with Crippen LogP contribution in [0, 0.1) is 0 Å². The minimum atomic E-state index is -4.64. The van der Waals surface area contributed by atoms with Crippen molar-refractivity contribution in [2.24, 2.45) is 0 Å². The Hall–Kier alpha value is 1.20. The van der Waals surface area contributed by atoms with E-state index in [0.717, 1.165) is 0 Å².